The summed E-state index contributed by atoms with van der Waals surface area (Å²) in [7, 11) is 3.84. The molecule has 66 valence electrons. The van der Waals surface area contributed by atoms with Crippen LogP contribution in [0.4, 0.5) is 5.95 Å². The summed E-state index contributed by atoms with van der Waals surface area (Å²) in [6.07, 6.45) is 3.55. The van der Waals surface area contributed by atoms with Crippen molar-refractivity contribution in [2.45, 2.75) is 19.8 Å². The largest absolute Gasteiger partial charge is 0.347 e. The second kappa shape index (κ2) is 3.99. The van der Waals surface area contributed by atoms with E-state index in [4.69, 9.17) is 0 Å². The number of hydrogen-bond acceptors (Lipinski definition) is 4. The Labute approximate surface area is 72.7 Å². The maximum absolute atomic E-state index is 4.27. The Morgan fingerprint density at radius 3 is 2.67 bits per heavy atom. The van der Waals surface area contributed by atoms with E-state index >= 15 is 0 Å². The molecule has 0 atom stereocenters. The third-order valence-electron chi connectivity index (χ3n) is 1.48. The molecule has 1 heterocycles. The highest BCUT2D eigenvalue weighted by Crippen LogP contribution is 2.01. The normalized spacial score (nSPS) is 9.92. The molecule has 1 aromatic heterocycles. The summed E-state index contributed by atoms with van der Waals surface area (Å²) in [5, 5.41) is 0. The Morgan fingerprint density at radius 2 is 2.08 bits per heavy atom. The van der Waals surface area contributed by atoms with Crippen LogP contribution in [0.3, 0.4) is 0 Å². The van der Waals surface area contributed by atoms with Gasteiger partial charge in [0.05, 0.1) is 0 Å². The lowest BCUT2D eigenvalue weighted by Crippen LogP contribution is -2.14. The van der Waals surface area contributed by atoms with Gasteiger partial charge >= 0.3 is 0 Å². The highest BCUT2D eigenvalue weighted by molar-refractivity contribution is 5.24. The molecule has 0 aliphatic carbocycles. The van der Waals surface area contributed by atoms with E-state index in [-0.39, 0.29) is 0 Å². The summed E-state index contributed by atoms with van der Waals surface area (Å²) < 4.78 is 0. The SMILES string of the molecule is CCCc1ncnc(N(C)C)n1. The fourth-order valence-electron chi connectivity index (χ4n) is 0.880. The van der Waals surface area contributed by atoms with Gasteiger partial charge in [-0.15, -0.1) is 0 Å². The van der Waals surface area contributed by atoms with E-state index in [1.165, 1.54) is 0 Å². The molecule has 0 N–H and O–H groups in total. The van der Waals surface area contributed by atoms with Crippen molar-refractivity contribution in [2.75, 3.05) is 19.0 Å². The van der Waals surface area contributed by atoms with E-state index in [1.807, 2.05) is 19.0 Å². The van der Waals surface area contributed by atoms with Gasteiger partial charge < -0.3 is 4.90 Å². The zero-order chi connectivity index (χ0) is 8.97. The average Bonchev–Trinajstić information content (AvgIpc) is 2.05. The quantitative estimate of drug-likeness (QED) is 0.668. The topological polar surface area (TPSA) is 41.9 Å². The molecule has 4 heteroatoms. The van der Waals surface area contributed by atoms with Gasteiger partial charge in [0.1, 0.15) is 12.2 Å². The van der Waals surface area contributed by atoms with Crippen molar-refractivity contribution >= 4 is 5.95 Å². The Bertz CT molecular complexity index is 247. The third-order valence-corrected chi connectivity index (χ3v) is 1.48. The van der Waals surface area contributed by atoms with Crippen molar-refractivity contribution in [3.8, 4) is 0 Å². The molecule has 0 unspecified atom stereocenters. The van der Waals surface area contributed by atoms with Gasteiger partial charge in [0.15, 0.2) is 0 Å². The van der Waals surface area contributed by atoms with E-state index < -0.39 is 0 Å². The van der Waals surface area contributed by atoms with Gasteiger partial charge in [-0.25, -0.2) is 9.97 Å². The monoisotopic (exact) mass is 166 g/mol. The predicted octanol–water partition coefficient (Wildman–Crippen LogP) is 0.890. The highest BCUT2D eigenvalue weighted by Gasteiger charge is 2.00. The fraction of sp³-hybridized carbons (Fsp3) is 0.625. The van der Waals surface area contributed by atoms with E-state index in [0.29, 0.717) is 0 Å². The molecule has 4 nitrogen and oxygen atoms in total. The van der Waals surface area contributed by atoms with Crippen LogP contribution in [0.5, 0.6) is 0 Å². The molecule has 1 rings (SSSR count). The van der Waals surface area contributed by atoms with Crippen LogP contribution < -0.4 is 4.90 Å². The van der Waals surface area contributed by atoms with Gasteiger partial charge in [-0.1, -0.05) is 6.92 Å². The molecule has 0 aliphatic heterocycles. The van der Waals surface area contributed by atoms with Crippen LogP contribution in [0.1, 0.15) is 19.2 Å². The molecule has 0 bridgehead atoms. The van der Waals surface area contributed by atoms with E-state index in [2.05, 4.69) is 21.9 Å². The number of aryl methyl sites for hydroxylation is 1. The summed E-state index contributed by atoms with van der Waals surface area (Å²) >= 11 is 0. The molecular formula is C8H14N4. The molecule has 0 aliphatic rings. The first kappa shape index (κ1) is 8.90. The van der Waals surface area contributed by atoms with Gasteiger partial charge in [-0.2, -0.15) is 4.98 Å². The maximum Gasteiger partial charge on any atom is 0.228 e. The summed E-state index contributed by atoms with van der Waals surface area (Å²) in [5.74, 6) is 1.60. The minimum absolute atomic E-state index is 0.730. The number of nitrogens with zero attached hydrogens (tertiary/aromatic N) is 4. The molecule has 1 aromatic rings. The number of rotatable bonds is 3. The average molecular weight is 166 g/mol. The number of aromatic nitrogens is 3. The second-order valence-electron chi connectivity index (χ2n) is 2.85. The molecule has 0 saturated heterocycles. The molecule has 0 fully saturated rings. The maximum atomic E-state index is 4.27. The van der Waals surface area contributed by atoms with Crippen molar-refractivity contribution in [2.24, 2.45) is 0 Å². The standard InChI is InChI=1S/C8H14N4/c1-4-5-7-9-6-10-8(11-7)12(2)3/h6H,4-5H2,1-3H3. The highest BCUT2D eigenvalue weighted by atomic mass is 15.2. The molecule has 12 heavy (non-hydrogen) atoms. The van der Waals surface area contributed by atoms with Crippen LogP contribution in [-0.2, 0) is 6.42 Å². The zero-order valence-corrected chi connectivity index (χ0v) is 7.78. The van der Waals surface area contributed by atoms with Crippen LogP contribution in [0.25, 0.3) is 0 Å². The van der Waals surface area contributed by atoms with Crippen LogP contribution in [0.15, 0.2) is 6.33 Å². The summed E-state index contributed by atoms with van der Waals surface area (Å²) in [6.45, 7) is 2.11. The third kappa shape index (κ3) is 2.15. The molecule has 0 amide bonds. The van der Waals surface area contributed by atoms with Crippen molar-refractivity contribution < 1.29 is 0 Å². The first-order chi connectivity index (χ1) is 5.74. The minimum atomic E-state index is 0.730. The van der Waals surface area contributed by atoms with Crippen molar-refractivity contribution in [1.82, 2.24) is 15.0 Å². The van der Waals surface area contributed by atoms with E-state index in [9.17, 15) is 0 Å². The molecule has 0 radical (unpaired) electrons. The predicted molar refractivity (Wildman–Crippen MR) is 48.1 cm³/mol. The molecular weight excluding hydrogens is 152 g/mol. The smallest absolute Gasteiger partial charge is 0.228 e. The summed E-state index contributed by atoms with van der Waals surface area (Å²) in [6, 6.07) is 0. The first-order valence-electron chi connectivity index (χ1n) is 4.09. The van der Waals surface area contributed by atoms with Crippen molar-refractivity contribution in [3.05, 3.63) is 12.2 Å². The Morgan fingerprint density at radius 1 is 1.33 bits per heavy atom. The number of hydrogen-bond donors (Lipinski definition) is 0. The molecule has 0 aromatic carbocycles. The van der Waals surface area contributed by atoms with Crippen molar-refractivity contribution in [3.63, 3.8) is 0 Å². The van der Waals surface area contributed by atoms with E-state index in [0.717, 1.165) is 24.6 Å². The van der Waals surface area contributed by atoms with Crippen LogP contribution in [0, 0.1) is 0 Å². The van der Waals surface area contributed by atoms with Gasteiger partial charge in [-0.3, -0.25) is 0 Å². The lowest BCUT2D eigenvalue weighted by Gasteiger charge is -2.09. The lowest BCUT2D eigenvalue weighted by molar-refractivity contribution is 0.805. The Kier molecular flexibility index (Phi) is 2.96. The Balaban J connectivity index is 2.81. The van der Waals surface area contributed by atoms with Gasteiger partial charge in [0.25, 0.3) is 0 Å². The van der Waals surface area contributed by atoms with Crippen LogP contribution in [0.2, 0.25) is 0 Å². The number of anilines is 1. The molecule has 0 spiro atoms. The van der Waals surface area contributed by atoms with Crippen molar-refractivity contribution in [1.29, 1.82) is 0 Å². The van der Waals surface area contributed by atoms with Gasteiger partial charge in [0, 0.05) is 20.5 Å². The van der Waals surface area contributed by atoms with Gasteiger partial charge in [0.2, 0.25) is 5.95 Å². The molecule has 0 saturated carbocycles. The zero-order valence-electron chi connectivity index (χ0n) is 7.78. The fourth-order valence-corrected chi connectivity index (χ4v) is 0.880. The second-order valence-corrected chi connectivity index (χ2v) is 2.85. The van der Waals surface area contributed by atoms with E-state index in [1.54, 1.807) is 6.33 Å². The summed E-state index contributed by atoms with van der Waals surface area (Å²) in [5.41, 5.74) is 0. The minimum Gasteiger partial charge on any atom is -0.347 e. The van der Waals surface area contributed by atoms with Gasteiger partial charge in [-0.05, 0) is 6.42 Å². The summed E-state index contributed by atoms with van der Waals surface area (Å²) in [4.78, 5) is 14.2. The first-order valence-corrected chi connectivity index (χ1v) is 4.09. The van der Waals surface area contributed by atoms with Crippen LogP contribution >= 0.6 is 0 Å². The lowest BCUT2D eigenvalue weighted by atomic mass is 10.3. The van der Waals surface area contributed by atoms with Crippen LogP contribution in [-0.4, -0.2) is 29.0 Å². The Hall–Kier alpha value is -1.19.